The third-order valence-corrected chi connectivity index (χ3v) is 14.6. The van der Waals surface area contributed by atoms with E-state index < -0.39 is 58.2 Å². The minimum atomic E-state index is -4.51. The molecule has 15 nitrogen and oxygen atoms in total. The largest absolute Gasteiger partial charge is 0.560 e. The van der Waals surface area contributed by atoms with E-state index in [1.165, 1.54) is 0 Å². The number of carbonyl (C=O) groups excluding carboxylic acids is 4. The Bertz CT molecular complexity index is 2850. The number of hydrogen-bond acceptors (Lipinski definition) is 13. The van der Waals surface area contributed by atoms with Gasteiger partial charge in [-0.15, -0.1) is 4.18 Å². The van der Waals surface area contributed by atoms with Crippen LogP contribution in [0.2, 0.25) is 0 Å². The summed E-state index contributed by atoms with van der Waals surface area (Å²) in [5.41, 5.74) is 9.94. The molecule has 2 aliphatic carbocycles. The first-order valence-corrected chi connectivity index (χ1v) is 24.6. The van der Waals surface area contributed by atoms with Gasteiger partial charge < -0.3 is 23.5 Å². The summed E-state index contributed by atoms with van der Waals surface area (Å²) in [7, 11) is -4.51. The first-order chi connectivity index (χ1) is 33.6. The van der Waals surface area contributed by atoms with Gasteiger partial charge in [0.25, 0.3) is 11.6 Å². The van der Waals surface area contributed by atoms with Crippen molar-refractivity contribution in [2.75, 3.05) is 26.4 Å². The molecule has 0 N–H and O–H groups in total. The second-order valence-electron chi connectivity index (χ2n) is 16.3. The highest BCUT2D eigenvalue weighted by molar-refractivity contribution is 7.85. The third kappa shape index (κ3) is 10.2. The van der Waals surface area contributed by atoms with Crippen LogP contribution in [-0.2, 0) is 72.1 Å². The zero-order valence-electron chi connectivity index (χ0n) is 37.0. The summed E-state index contributed by atoms with van der Waals surface area (Å²) < 4.78 is 70.6. The van der Waals surface area contributed by atoms with Gasteiger partial charge in [-0.3, -0.25) is 4.18 Å². The van der Waals surface area contributed by atoms with Crippen molar-refractivity contribution in [3.05, 3.63) is 191 Å². The highest BCUT2D eigenvalue weighted by Gasteiger charge is 2.48. The lowest BCUT2D eigenvalue weighted by Crippen LogP contribution is -2.53. The molecule has 2 amide bonds. The second-order valence-corrected chi connectivity index (χ2v) is 18.9. The SMILES string of the molecule is O=C(OCc1ccccc1)[C@H]1CCOS(=O)(=O)N1C(=O)OCC1c2ccccc2-c2ccccc21.O=C(OCc1ccccc1)[C@H]1CCO[S+]([O-])N1C(=O)OCC1c2ccccc2-c2ccccc21. The van der Waals surface area contributed by atoms with Crippen LogP contribution in [0.15, 0.2) is 158 Å². The summed E-state index contributed by atoms with van der Waals surface area (Å²) in [6.07, 6.45) is -1.91. The zero-order valence-corrected chi connectivity index (χ0v) is 38.6. The third-order valence-electron chi connectivity index (χ3n) is 12.2. The summed E-state index contributed by atoms with van der Waals surface area (Å²) in [6, 6.07) is 47.3. The fourth-order valence-electron chi connectivity index (χ4n) is 8.90. The van der Waals surface area contributed by atoms with Crippen LogP contribution in [0.25, 0.3) is 22.3 Å². The molecular formula is C52H46N2O13S2. The van der Waals surface area contributed by atoms with Crippen molar-refractivity contribution < 1.29 is 59.5 Å². The van der Waals surface area contributed by atoms with Gasteiger partial charge in [0, 0.05) is 24.7 Å². The van der Waals surface area contributed by atoms with Crippen LogP contribution in [0.1, 0.15) is 58.1 Å². The highest BCUT2D eigenvalue weighted by atomic mass is 32.2. The van der Waals surface area contributed by atoms with E-state index in [9.17, 15) is 32.1 Å². The Labute approximate surface area is 402 Å². The molecular weight excluding hydrogens is 925 g/mol. The van der Waals surface area contributed by atoms with E-state index in [0.29, 0.717) is 4.31 Å². The van der Waals surface area contributed by atoms with Gasteiger partial charge >= 0.3 is 34.4 Å². The summed E-state index contributed by atoms with van der Waals surface area (Å²) in [6.45, 7) is -0.194. The van der Waals surface area contributed by atoms with Gasteiger partial charge in [0.15, 0.2) is 12.1 Å². The molecule has 0 radical (unpaired) electrons. The molecule has 4 aliphatic rings. The summed E-state index contributed by atoms with van der Waals surface area (Å²) in [5.74, 6) is -1.90. The quantitative estimate of drug-likeness (QED) is 0.0725. The van der Waals surface area contributed by atoms with Crippen LogP contribution in [0.4, 0.5) is 9.59 Å². The topological polar surface area (TPSA) is 187 Å². The molecule has 0 saturated carbocycles. The molecule has 2 aliphatic heterocycles. The smallest absolute Gasteiger partial charge is 0.455 e. The van der Waals surface area contributed by atoms with Crippen molar-refractivity contribution in [1.82, 2.24) is 8.61 Å². The number of fused-ring (bicyclic) bond motifs is 6. The molecule has 0 bridgehead atoms. The van der Waals surface area contributed by atoms with Gasteiger partial charge in [-0.1, -0.05) is 162 Å². The van der Waals surface area contributed by atoms with Crippen LogP contribution in [0, 0.1) is 0 Å². The standard InChI is InChI=1S/C26H23NO7S.C26H23NO6S/c28-25(32-16-18-8-2-1-3-9-18)24-14-15-34-35(30,31)27(24)26(29)33-17-23-21-12-6-4-10-19(21)20-11-5-7-13-22(20)23;28-25(31-16-18-8-2-1-3-9-18)24-14-15-33-34(30)27(24)26(29)32-17-23-21-12-6-4-10-19(21)20-11-5-7-13-22(20)23/h1-13,23-24H,14-17H2;1-13,23-24H,14-17H2/t24-;24-,34?/m11/s1. The van der Waals surface area contributed by atoms with Crippen LogP contribution < -0.4 is 0 Å². The first kappa shape index (κ1) is 47.1. The Morgan fingerprint density at radius 3 is 1.38 bits per heavy atom. The number of nitrogens with zero attached hydrogens (tertiary/aromatic N) is 2. The first-order valence-electron chi connectivity index (χ1n) is 22.2. The van der Waals surface area contributed by atoms with E-state index in [1.807, 2.05) is 133 Å². The van der Waals surface area contributed by atoms with Crippen LogP contribution in [-0.4, -0.2) is 84.2 Å². The number of ether oxygens (including phenoxy) is 4. The van der Waals surface area contributed by atoms with E-state index >= 15 is 0 Å². The summed E-state index contributed by atoms with van der Waals surface area (Å²) in [4.78, 5) is 51.5. The molecule has 0 aromatic heterocycles. The molecule has 17 heteroatoms. The zero-order chi connectivity index (χ0) is 47.9. The van der Waals surface area contributed by atoms with Crippen molar-refractivity contribution in [1.29, 1.82) is 0 Å². The molecule has 6 aromatic carbocycles. The Balaban J connectivity index is 0.000000172. The Hall–Kier alpha value is -7.02. The van der Waals surface area contributed by atoms with Gasteiger partial charge in [0.05, 0.1) is 6.61 Å². The van der Waals surface area contributed by atoms with E-state index in [1.54, 1.807) is 24.3 Å². The molecule has 2 fully saturated rings. The van der Waals surface area contributed by atoms with Gasteiger partial charge in [0.2, 0.25) is 0 Å². The molecule has 3 atom stereocenters. The Morgan fingerprint density at radius 2 is 0.913 bits per heavy atom. The minimum absolute atomic E-state index is 0.0307. The number of amides is 2. The van der Waals surface area contributed by atoms with E-state index in [2.05, 4.69) is 0 Å². The normalized spacial score (nSPS) is 18.8. The van der Waals surface area contributed by atoms with Crippen molar-refractivity contribution in [3.63, 3.8) is 0 Å². The molecule has 2 heterocycles. The Kier molecular flexibility index (Phi) is 14.4. The minimum Gasteiger partial charge on any atom is -0.560 e. The molecule has 1 unspecified atom stereocenters. The lowest BCUT2D eigenvalue weighted by atomic mass is 9.98. The van der Waals surface area contributed by atoms with Crippen molar-refractivity contribution in [2.45, 2.75) is 50.0 Å². The van der Waals surface area contributed by atoms with Crippen molar-refractivity contribution in [3.8, 4) is 22.3 Å². The van der Waals surface area contributed by atoms with E-state index in [4.69, 9.17) is 27.3 Å². The van der Waals surface area contributed by atoms with Crippen LogP contribution in [0.5, 0.6) is 0 Å². The number of benzene rings is 6. The van der Waals surface area contributed by atoms with Gasteiger partial charge in [-0.05, 0) is 55.6 Å². The van der Waals surface area contributed by atoms with E-state index in [-0.39, 0.29) is 64.3 Å². The van der Waals surface area contributed by atoms with Crippen LogP contribution in [0.3, 0.4) is 0 Å². The average molecular weight is 971 g/mol. The number of esters is 2. The summed E-state index contributed by atoms with van der Waals surface area (Å²) in [5, 5.41) is 0. The fourth-order valence-corrected chi connectivity index (χ4v) is 11.0. The maximum atomic E-state index is 13.0. The molecule has 354 valence electrons. The monoisotopic (exact) mass is 970 g/mol. The molecule has 6 aromatic rings. The maximum Gasteiger partial charge on any atom is 0.455 e. The molecule has 10 rings (SSSR count). The molecule has 69 heavy (non-hydrogen) atoms. The Morgan fingerprint density at radius 1 is 0.522 bits per heavy atom. The van der Waals surface area contributed by atoms with Gasteiger partial charge in [-0.25, -0.2) is 19.2 Å². The summed E-state index contributed by atoms with van der Waals surface area (Å²) >= 11 is -2.14. The number of hydrogen-bond donors (Lipinski definition) is 0. The predicted octanol–water partition coefficient (Wildman–Crippen LogP) is 8.36. The lowest BCUT2D eigenvalue weighted by Gasteiger charge is -2.31. The average Bonchev–Trinajstić information content (AvgIpc) is 3.88. The predicted molar refractivity (Wildman–Crippen MR) is 252 cm³/mol. The van der Waals surface area contributed by atoms with Crippen LogP contribution >= 0.6 is 0 Å². The van der Waals surface area contributed by atoms with E-state index in [0.717, 1.165) is 59.9 Å². The highest BCUT2D eigenvalue weighted by Crippen LogP contribution is 2.46. The number of carbonyl (C=O) groups is 4. The van der Waals surface area contributed by atoms with Crippen molar-refractivity contribution >= 4 is 46.1 Å². The second kappa shape index (κ2) is 21.1. The van der Waals surface area contributed by atoms with Crippen molar-refractivity contribution in [2.24, 2.45) is 0 Å². The maximum absolute atomic E-state index is 13.0. The van der Waals surface area contributed by atoms with Gasteiger partial charge in [-0.2, -0.15) is 12.7 Å². The van der Waals surface area contributed by atoms with Gasteiger partial charge in [0.1, 0.15) is 33.0 Å². The lowest BCUT2D eigenvalue weighted by molar-refractivity contribution is -0.151. The molecule has 2 saturated heterocycles. The fraction of sp³-hybridized carbons (Fsp3) is 0.231. The number of rotatable bonds is 10. The molecule has 0 spiro atoms.